The Morgan fingerprint density at radius 2 is 2.05 bits per heavy atom. The molecule has 0 aliphatic heterocycles. The van der Waals surface area contributed by atoms with Gasteiger partial charge >= 0.3 is 0 Å². The van der Waals surface area contributed by atoms with Gasteiger partial charge in [-0.15, -0.1) is 12.4 Å². The highest BCUT2D eigenvalue weighted by atomic mass is 35.5. The fourth-order valence-electron chi connectivity index (χ4n) is 2.00. The van der Waals surface area contributed by atoms with E-state index in [1.807, 2.05) is 12.1 Å². The van der Waals surface area contributed by atoms with Gasteiger partial charge in [0.2, 0.25) is 5.91 Å². The van der Waals surface area contributed by atoms with Gasteiger partial charge in [0.05, 0.1) is 6.54 Å². The molecule has 1 fully saturated rings. The highest BCUT2D eigenvalue weighted by Crippen LogP contribution is 2.27. The average molecular weight is 283 g/mol. The van der Waals surface area contributed by atoms with Crippen molar-refractivity contribution in [1.82, 2.24) is 10.6 Å². The molecule has 0 atom stereocenters. The number of halogens is 1. The standard InChI is InChI=1S/C15H22N2O.ClH/c1-12-4-2-3-5-14(12)8-9-17-15(18)11-16-10-13-6-7-13;/h2-5,13,16H,6-11H2,1H3,(H,17,18);1H. The van der Waals surface area contributed by atoms with Gasteiger partial charge in [-0.2, -0.15) is 0 Å². The normalized spacial score (nSPS) is 13.7. The molecule has 0 unspecified atom stereocenters. The minimum Gasteiger partial charge on any atom is -0.355 e. The predicted molar refractivity (Wildman–Crippen MR) is 80.7 cm³/mol. The molecule has 0 aromatic heterocycles. The molecule has 3 nitrogen and oxygen atoms in total. The summed E-state index contributed by atoms with van der Waals surface area (Å²) < 4.78 is 0. The van der Waals surface area contributed by atoms with Crippen molar-refractivity contribution in [1.29, 1.82) is 0 Å². The van der Waals surface area contributed by atoms with Crippen LogP contribution in [0.15, 0.2) is 24.3 Å². The van der Waals surface area contributed by atoms with Gasteiger partial charge in [-0.25, -0.2) is 0 Å². The van der Waals surface area contributed by atoms with Crippen LogP contribution in [0.5, 0.6) is 0 Å². The Morgan fingerprint density at radius 1 is 1.32 bits per heavy atom. The first-order valence-electron chi connectivity index (χ1n) is 6.77. The Labute approximate surface area is 121 Å². The Morgan fingerprint density at radius 3 is 2.74 bits per heavy atom. The lowest BCUT2D eigenvalue weighted by atomic mass is 10.1. The number of nitrogens with one attached hydrogen (secondary N) is 2. The number of carbonyl (C=O) groups excluding carboxylic acids is 1. The van der Waals surface area contributed by atoms with Crippen molar-refractivity contribution in [3.63, 3.8) is 0 Å². The van der Waals surface area contributed by atoms with Crippen LogP contribution in [0.3, 0.4) is 0 Å². The van der Waals surface area contributed by atoms with Gasteiger partial charge in [-0.1, -0.05) is 24.3 Å². The van der Waals surface area contributed by atoms with Crippen molar-refractivity contribution < 1.29 is 4.79 Å². The maximum absolute atomic E-state index is 11.5. The van der Waals surface area contributed by atoms with Crippen LogP contribution in [-0.4, -0.2) is 25.5 Å². The molecular weight excluding hydrogens is 260 g/mol. The number of carbonyl (C=O) groups is 1. The molecule has 1 amide bonds. The fourth-order valence-corrected chi connectivity index (χ4v) is 2.00. The van der Waals surface area contributed by atoms with Crippen LogP contribution in [0, 0.1) is 12.8 Å². The molecule has 1 saturated carbocycles. The molecule has 1 aliphatic carbocycles. The van der Waals surface area contributed by atoms with E-state index < -0.39 is 0 Å². The summed E-state index contributed by atoms with van der Waals surface area (Å²) in [6, 6.07) is 8.31. The predicted octanol–water partition coefficient (Wildman–Crippen LogP) is 2.08. The van der Waals surface area contributed by atoms with Crippen molar-refractivity contribution >= 4 is 18.3 Å². The third kappa shape index (κ3) is 6.08. The van der Waals surface area contributed by atoms with Crippen LogP contribution in [0.1, 0.15) is 24.0 Å². The van der Waals surface area contributed by atoms with Crippen molar-refractivity contribution in [2.45, 2.75) is 26.2 Å². The summed E-state index contributed by atoms with van der Waals surface area (Å²) in [5, 5.41) is 6.15. The maximum atomic E-state index is 11.5. The van der Waals surface area contributed by atoms with E-state index in [0.717, 1.165) is 25.4 Å². The molecule has 1 aromatic carbocycles. The molecule has 2 N–H and O–H groups in total. The van der Waals surface area contributed by atoms with E-state index in [2.05, 4.69) is 29.7 Å². The monoisotopic (exact) mass is 282 g/mol. The lowest BCUT2D eigenvalue weighted by Crippen LogP contribution is -2.35. The zero-order valence-electron chi connectivity index (χ0n) is 11.4. The maximum Gasteiger partial charge on any atom is 0.233 e. The van der Waals surface area contributed by atoms with Gasteiger partial charge in [-0.05, 0) is 49.8 Å². The number of amides is 1. The van der Waals surface area contributed by atoms with E-state index in [1.54, 1.807) is 0 Å². The van der Waals surface area contributed by atoms with Gasteiger partial charge in [0.15, 0.2) is 0 Å². The third-order valence-corrected chi connectivity index (χ3v) is 3.39. The molecule has 106 valence electrons. The van der Waals surface area contributed by atoms with E-state index in [4.69, 9.17) is 0 Å². The highest BCUT2D eigenvalue weighted by Gasteiger charge is 2.20. The first-order valence-corrected chi connectivity index (χ1v) is 6.77. The molecule has 0 spiro atoms. The van der Waals surface area contributed by atoms with Crippen molar-refractivity contribution in [2.24, 2.45) is 5.92 Å². The molecule has 0 saturated heterocycles. The first-order chi connectivity index (χ1) is 8.75. The number of hydrogen-bond acceptors (Lipinski definition) is 2. The Kier molecular flexibility index (Phi) is 6.89. The first kappa shape index (κ1) is 16.0. The van der Waals surface area contributed by atoms with Crippen LogP contribution in [-0.2, 0) is 11.2 Å². The summed E-state index contributed by atoms with van der Waals surface area (Å²) in [6.07, 6.45) is 3.55. The number of rotatable bonds is 7. The molecule has 0 heterocycles. The van der Waals surface area contributed by atoms with E-state index in [-0.39, 0.29) is 18.3 Å². The SMILES string of the molecule is Cc1ccccc1CCNC(=O)CNCC1CC1.Cl. The molecule has 19 heavy (non-hydrogen) atoms. The molecule has 1 aromatic rings. The second-order valence-electron chi connectivity index (χ2n) is 5.10. The number of hydrogen-bond donors (Lipinski definition) is 2. The van der Waals surface area contributed by atoms with Crippen LogP contribution < -0.4 is 10.6 Å². The van der Waals surface area contributed by atoms with Gasteiger partial charge in [0.1, 0.15) is 0 Å². The smallest absolute Gasteiger partial charge is 0.233 e. The minimum atomic E-state index is 0. The second kappa shape index (κ2) is 8.18. The Bertz CT molecular complexity index is 405. The summed E-state index contributed by atoms with van der Waals surface area (Å²) in [4.78, 5) is 11.5. The van der Waals surface area contributed by atoms with Crippen LogP contribution in [0.2, 0.25) is 0 Å². The topological polar surface area (TPSA) is 41.1 Å². The summed E-state index contributed by atoms with van der Waals surface area (Å²) in [6.45, 7) is 4.26. The summed E-state index contributed by atoms with van der Waals surface area (Å²) in [5.74, 6) is 0.925. The molecule has 0 radical (unpaired) electrons. The summed E-state index contributed by atoms with van der Waals surface area (Å²) in [5.41, 5.74) is 2.60. The van der Waals surface area contributed by atoms with E-state index in [1.165, 1.54) is 24.0 Å². The highest BCUT2D eigenvalue weighted by molar-refractivity contribution is 5.85. The Balaban J connectivity index is 0.00000180. The van der Waals surface area contributed by atoms with Crippen molar-refractivity contribution in [3.8, 4) is 0 Å². The van der Waals surface area contributed by atoms with Gasteiger partial charge in [0.25, 0.3) is 0 Å². The molecule has 2 rings (SSSR count). The lowest BCUT2D eigenvalue weighted by Gasteiger charge is -2.08. The largest absolute Gasteiger partial charge is 0.355 e. The van der Waals surface area contributed by atoms with E-state index >= 15 is 0 Å². The fraction of sp³-hybridized carbons (Fsp3) is 0.533. The lowest BCUT2D eigenvalue weighted by molar-refractivity contribution is -0.120. The minimum absolute atomic E-state index is 0. The quantitative estimate of drug-likeness (QED) is 0.804. The Hall–Kier alpha value is -1.06. The van der Waals surface area contributed by atoms with Crippen LogP contribution in [0.25, 0.3) is 0 Å². The third-order valence-electron chi connectivity index (χ3n) is 3.39. The van der Waals surface area contributed by atoms with Gasteiger partial charge in [0, 0.05) is 6.54 Å². The number of aryl methyl sites for hydroxylation is 1. The van der Waals surface area contributed by atoms with E-state index in [0.29, 0.717) is 6.54 Å². The van der Waals surface area contributed by atoms with Crippen LogP contribution in [0.4, 0.5) is 0 Å². The van der Waals surface area contributed by atoms with E-state index in [9.17, 15) is 4.79 Å². The summed E-state index contributed by atoms with van der Waals surface area (Å²) >= 11 is 0. The molecule has 1 aliphatic rings. The zero-order chi connectivity index (χ0) is 12.8. The average Bonchev–Trinajstić information content (AvgIpc) is 3.16. The molecule has 4 heteroatoms. The van der Waals surface area contributed by atoms with Gasteiger partial charge in [-0.3, -0.25) is 4.79 Å². The molecule has 0 bridgehead atoms. The van der Waals surface area contributed by atoms with Crippen molar-refractivity contribution in [3.05, 3.63) is 35.4 Å². The number of benzene rings is 1. The zero-order valence-corrected chi connectivity index (χ0v) is 12.3. The van der Waals surface area contributed by atoms with Crippen LogP contribution >= 0.6 is 12.4 Å². The molecular formula is C15H23ClN2O. The second-order valence-corrected chi connectivity index (χ2v) is 5.10. The van der Waals surface area contributed by atoms with Crippen molar-refractivity contribution in [2.75, 3.05) is 19.6 Å². The van der Waals surface area contributed by atoms with Gasteiger partial charge < -0.3 is 10.6 Å². The summed E-state index contributed by atoms with van der Waals surface area (Å²) in [7, 11) is 0.